The van der Waals surface area contributed by atoms with Crippen LogP contribution in [0.1, 0.15) is 38.7 Å². The minimum atomic E-state index is -0.442. The number of amides is 1. The lowest BCUT2D eigenvalue weighted by atomic mass is 10.1. The summed E-state index contributed by atoms with van der Waals surface area (Å²) in [5.74, 6) is -0.986. The van der Waals surface area contributed by atoms with Gasteiger partial charge in [-0.3, -0.25) is 4.79 Å². The molecular weight excluding hydrogens is 292 g/mol. The van der Waals surface area contributed by atoms with Gasteiger partial charge in [0, 0.05) is 6.54 Å². The summed E-state index contributed by atoms with van der Waals surface area (Å²) in [6.07, 6.45) is 6.27. The first-order valence-electron chi connectivity index (χ1n) is 7.51. The van der Waals surface area contributed by atoms with Crippen molar-refractivity contribution >= 4 is 12.0 Å². The minimum Gasteiger partial charge on any atom is -0.504 e. The number of benzene rings is 1. The number of unbranched alkanes of at least 4 members (excludes halogenated alkanes) is 1. The number of rotatable bonds is 7. The van der Waals surface area contributed by atoms with Crippen molar-refractivity contribution in [1.82, 2.24) is 5.32 Å². The number of carbonyl (C=O) groups excluding carboxylic acids is 1. The van der Waals surface area contributed by atoms with Crippen LogP contribution in [0.25, 0.3) is 6.08 Å². The number of nitrogens with one attached hydrogen (secondary N) is 1. The van der Waals surface area contributed by atoms with Crippen LogP contribution < -0.4 is 5.32 Å². The van der Waals surface area contributed by atoms with E-state index in [1.165, 1.54) is 29.8 Å². The number of nitrogens with zero attached hydrogens (tertiary/aromatic N) is 1. The van der Waals surface area contributed by atoms with Gasteiger partial charge in [-0.1, -0.05) is 17.7 Å². The van der Waals surface area contributed by atoms with Gasteiger partial charge in [-0.25, -0.2) is 0 Å². The highest BCUT2D eigenvalue weighted by molar-refractivity contribution is 6.01. The van der Waals surface area contributed by atoms with Crippen molar-refractivity contribution in [2.24, 2.45) is 0 Å². The Labute approximate surface area is 136 Å². The zero-order valence-corrected chi connectivity index (χ0v) is 13.5. The lowest BCUT2D eigenvalue weighted by Crippen LogP contribution is -2.25. The second-order valence-corrected chi connectivity index (χ2v) is 5.27. The van der Waals surface area contributed by atoms with E-state index in [2.05, 4.69) is 18.3 Å². The fraction of sp³-hybridized carbons (Fsp3) is 0.333. The van der Waals surface area contributed by atoms with E-state index in [0.29, 0.717) is 12.1 Å². The van der Waals surface area contributed by atoms with E-state index in [4.69, 9.17) is 5.26 Å². The quantitative estimate of drug-likeness (QED) is 0.237. The number of hydrogen-bond acceptors (Lipinski definition) is 4. The smallest absolute Gasteiger partial charge is 0.261 e. The summed E-state index contributed by atoms with van der Waals surface area (Å²) >= 11 is 0. The highest BCUT2D eigenvalue weighted by Gasteiger charge is 2.09. The van der Waals surface area contributed by atoms with Crippen molar-refractivity contribution in [2.45, 2.75) is 33.1 Å². The summed E-state index contributed by atoms with van der Waals surface area (Å²) < 4.78 is 0. The molecule has 0 spiro atoms. The Bertz CT molecular complexity index is 655. The van der Waals surface area contributed by atoms with Gasteiger partial charge in [0.05, 0.1) is 0 Å². The molecule has 0 bridgehead atoms. The molecule has 1 amide bonds. The van der Waals surface area contributed by atoms with Crippen LogP contribution in [0.15, 0.2) is 35.4 Å². The Hall–Kier alpha value is -2.74. The van der Waals surface area contributed by atoms with Gasteiger partial charge in [-0.2, -0.15) is 5.26 Å². The second kappa shape index (κ2) is 9.31. The number of nitriles is 1. The Kier molecular flexibility index (Phi) is 7.41. The summed E-state index contributed by atoms with van der Waals surface area (Å²) in [5, 5.41) is 30.5. The van der Waals surface area contributed by atoms with Crippen LogP contribution in [0, 0.1) is 11.3 Å². The molecule has 1 rings (SSSR count). The Morgan fingerprint density at radius 3 is 2.65 bits per heavy atom. The van der Waals surface area contributed by atoms with Crippen LogP contribution in [0.3, 0.4) is 0 Å². The van der Waals surface area contributed by atoms with Gasteiger partial charge in [-0.05, 0) is 56.9 Å². The van der Waals surface area contributed by atoms with E-state index in [1.807, 2.05) is 13.0 Å². The maximum atomic E-state index is 12.0. The third-order valence-corrected chi connectivity index (χ3v) is 3.45. The van der Waals surface area contributed by atoms with Gasteiger partial charge >= 0.3 is 0 Å². The molecule has 3 N–H and O–H groups in total. The molecule has 0 saturated heterocycles. The Morgan fingerprint density at radius 1 is 1.30 bits per heavy atom. The zero-order chi connectivity index (χ0) is 17.2. The molecule has 0 aliphatic rings. The monoisotopic (exact) mass is 314 g/mol. The molecule has 0 atom stereocenters. The summed E-state index contributed by atoms with van der Waals surface area (Å²) in [7, 11) is 0. The van der Waals surface area contributed by atoms with Crippen LogP contribution in [0.4, 0.5) is 0 Å². The van der Waals surface area contributed by atoms with Crippen LogP contribution >= 0.6 is 0 Å². The van der Waals surface area contributed by atoms with Crippen molar-refractivity contribution in [3.8, 4) is 17.6 Å². The SMILES string of the molecule is C/C=C(\C)CCCCNC(=O)/C(C#N)=C/c1ccc(O)c(O)c1. The molecule has 0 saturated carbocycles. The molecule has 23 heavy (non-hydrogen) atoms. The maximum Gasteiger partial charge on any atom is 0.261 e. The highest BCUT2D eigenvalue weighted by Crippen LogP contribution is 2.25. The van der Waals surface area contributed by atoms with E-state index >= 15 is 0 Å². The maximum absolute atomic E-state index is 12.0. The van der Waals surface area contributed by atoms with Crippen molar-refractivity contribution < 1.29 is 15.0 Å². The number of phenolic OH excluding ortho intramolecular Hbond substituents is 2. The summed E-state index contributed by atoms with van der Waals surface area (Å²) in [6, 6.07) is 5.96. The fourth-order valence-electron chi connectivity index (χ4n) is 1.92. The largest absolute Gasteiger partial charge is 0.504 e. The number of allylic oxidation sites excluding steroid dienone is 2. The predicted octanol–water partition coefficient (Wildman–Crippen LogP) is 3.26. The molecule has 0 fully saturated rings. The molecule has 5 nitrogen and oxygen atoms in total. The highest BCUT2D eigenvalue weighted by atomic mass is 16.3. The van der Waals surface area contributed by atoms with Gasteiger partial charge in [0.15, 0.2) is 11.5 Å². The first kappa shape index (κ1) is 18.3. The molecule has 5 heteroatoms. The van der Waals surface area contributed by atoms with Gasteiger partial charge in [0.2, 0.25) is 0 Å². The van der Waals surface area contributed by atoms with Gasteiger partial charge in [0.1, 0.15) is 11.6 Å². The third kappa shape index (κ3) is 6.27. The number of hydrogen-bond donors (Lipinski definition) is 3. The van der Waals surface area contributed by atoms with Gasteiger partial charge in [0.25, 0.3) is 5.91 Å². The molecule has 0 radical (unpaired) electrons. The number of carbonyl (C=O) groups is 1. The average molecular weight is 314 g/mol. The molecule has 0 aromatic heterocycles. The first-order chi connectivity index (χ1) is 11.0. The van der Waals surface area contributed by atoms with E-state index in [0.717, 1.165) is 19.3 Å². The number of phenols is 2. The van der Waals surface area contributed by atoms with Gasteiger partial charge < -0.3 is 15.5 Å². The fourth-order valence-corrected chi connectivity index (χ4v) is 1.92. The van der Waals surface area contributed by atoms with Crippen molar-refractivity contribution in [3.63, 3.8) is 0 Å². The molecule has 1 aromatic rings. The Balaban J connectivity index is 2.56. The molecular formula is C18H22N2O3. The molecule has 1 aromatic carbocycles. The van der Waals surface area contributed by atoms with Crippen LogP contribution in [0.5, 0.6) is 11.5 Å². The molecule has 0 aliphatic carbocycles. The first-order valence-corrected chi connectivity index (χ1v) is 7.51. The van der Waals surface area contributed by atoms with Crippen molar-refractivity contribution in [3.05, 3.63) is 41.0 Å². The Morgan fingerprint density at radius 2 is 2.04 bits per heavy atom. The van der Waals surface area contributed by atoms with Crippen LogP contribution in [-0.4, -0.2) is 22.7 Å². The lowest BCUT2D eigenvalue weighted by Gasteiger charge is -2.05. The second-order valence-electron chi connectivity index (χ2n) is 5.27. The predicted molar refractivity (Wildman–Crippen MR) is 89.7 cm³/mol. The molecule has 0 heterocycles. The molecule has 0 aliphatic heterocycles. The third-order valence-electron chi connectivity index (χ3n) is 3.45. The van der Waals surface area contributed by atoms with Crippen molar-refractivity contribution in [2.75, 3.05) is 6.54 Å². The molecule has 122 valence electrons. The van der Waals surface area contributed by atoms with Crippen molar-refractivity contribution in [1.29, 1.82) is 5.26 Å². The topological polar surface area (TPSA) is 93.4 Å². The van der Waals surface area contributed by atoms with E-state index in [9.17, 15) is 15.0 Å². The van der Waals surface area contributed by atoms with E-state index in [1.54, 1.807) is 0 Å². The summed E-state index contributed by atoms with van der Waals surface area (Å²) in [5.41, 5.74) is 1.75. The number of aromatic hydroxyl groups is 2. The summed E-state index contributed by atoms with van der Waals surface area (Å²) in [6.45, 7) is 4.58. The summed E-state index contributed by atoms with van der Waals surface area (Å²) in [4.78, 5) is 12.0. The normalized spacial score (nSPS) is 11.9. The van der Waals surface area contributed by atoms with E-state index in [-0.39, 0.29) is 17.1 Å². The van der Waals surface area contributed by atoms with Crippen LogP contribution in [-0.2, 0) is 4.79 Å². The van der Waals surface area contributed by atoms with E-state index < -0.39 is 5.91 Å². The lowest BCUT2D eigenvalue weighted by molar-refractivity contribution is -0.117. The molecule has 0 unspecified atom stereocenters. The average Bonchev–Trinajstić information content (AvgIpc) is 2.54. The van der Waals surface area contributed by atoms with Crippen LogP contribution in [0.2, 0.25) is 0 Å². The minimum absolute atomic E-state index is 0.0419. The zero-order valence-electron chi connectivity index (χ0n) is 13.5. The standard InChI is InChI=1S/C18H22N2O3/c1-3-13(2)6-4-5-9-20-18(23)15(12-19)10-14-7-8-16(21)17(22)11-14/h3,7-8,10-11,21-22H,4-6,9H2,1-2H3,(H,20,23)/b13-3+,15-10+. The van der Waals surface area contributed by atoms with Gasteiger partial charge in [-0.15, -0.1) is 0 Å².